The monoisotopic (exact) mass is 984 g/mol. The fraction of sp³-hybridized carbons (Fsp3) is 0.941. The number of thiol groups is 1. The number of esters is 2. The number of hydrogen-bond donors (Lipinski definition) is 10. The van der Waals surface area contributed by atoms with Crippen LogP contribution in [-0.4, -0.2) is 118 Å². The van der Waals surface area contributed by atoms with Gasteiger partial charge in [-0.15, -0.1) is 0 Å². The van der Waals surface area contributed by atoms with Crippen LogP contribution in [-0.2, 0) is 59.9 Å². The number of phosphoric ester groups is 4. The van der Waals surface area contributed by atoms with Gasteiger partial charge in [-0.2, -0.15) is 12.6 Å². The fourth-order valence-corrected chi connectivity index (χ4v) is 9.35. The summed E-state index contributed by atoms with van der Waals surface area (Å²) in [6, 6.07) is 0. The number of ether oxygens (including phenoxy) is 2. The zero-order valence-electron chi connectivity index (χ0n) is 34.6. The van der Waals surface area contributed by atoms with E-state index < -0.39 is 99.2 Å². The number of aliphatic hydroxyl groups is 2. The van der Waals surface area contributed by atoms with Gasteiger partial charge in [-0.1, -0.05) is 110 Å². The summed E-state index contributed by atoms with van der Waals surface area (Å²) in [6.45, 7) is 0.535. The van der Waals surface area contributed by atoms with Gasteiger partial charge in [0.05, 0.1) is 6.61 Å². The van der Waals surface area contributed by atoms with E-state index >= 15 is 0 Å². The lowest BCUT2D eigenvalue weighted by Crippen LogP contribution is -2.65. The SMILES string of the molecule is CCCCCCCCCCCCCCCC(=O)O[C@H](COC(=O)CCCCCCCCS)COP(=O)(O)OC1C(O)[C@@H](OP(=O)(O)O)C(OP(=O)(O)O)[C@@H](OP(=O)(O)O)[C@H]1O. The van der Waals surface area contributed by atoms with Gasteiger partial charge in [-0.05, 0) is 25.0 Å². The Hall–Kier alpha value is -0.350. The molecule has 1 aliphatic rings. The molecule has 0 heterocycles. The Labute approximate surface area is 362 Å². The third-order valence-corrected chi connectivity index (χ3v) is 12.3. The maximum absolute atomic E-state index is 13.2. The molecule has 0 saturated heterocycles. The van der Waals surface area contributed by atoms with Crippen LogP contribution in [0.4, 0.5) is 0 Å². The fourth-order valence-electron chi connectivity index (χ4n) is 6.47. The molecule has 1 fully saturated rings. The summed E-state index contributed by atoms with van der Waals surface area (Å²) in [5, 5.41) is 21.7. The normalized spacial score (nSPS) is 22.7. The smallest absolute Gasteiger partial charge is 0.462 e. The van der Waals surface area contributed by atoms with Crippen LogP contribution < -0.4 is 0 Å². The third-order valence-electron chi connectivity index (χ3n) is 9.45. The Bertz CT molecular complexity index is 1390. The zero-order valence-corrected chi connectivity index (χ0v) is 39.1. The first-order valence-electron chi connectivity index (χ1n) is 20.7. The lowest BCUT2D eigenvalue weighted by atomic mass is 9.85. The van der Waals surface area contributed by atoms with E-state index in [0.29, 0.717) is 12.8 Å². The number of carbonyl (C=O) groups is 2. The Morgan fingerprint density at radius 2 is 0.885 bits per heavy atom. The van der Waals surface area contributed by atoms with Gasteiger partial charge in [0, 0.05) is 12.8 Å². The summed E-state index contributed by atoms with van der Waals surface area (Å²) in [4.78, 5) is 92.1. The topological polar surface area (TPSA) is 349 Å². The van der Waals surface area contributed by atoms with Gasteiger partial charge < -0.3 is 53.9 Å². The van der Waals surface area contributed by atoms with Crippen LogP contribution in [0.2, 0.25) is 0 Å². The molecule has 1 rings (SSSR count). The van der Waals surface area contributed by atoms with Crippen molar-refractivity contribution in [3.8, 4) is 0 Å². The summed E-state index contributed by atoms with van der Waals surface area (Å²) in [6.07, 6.45) is 1.08. The number of rotatable bonds is 36. The molecule has 0 radical (unpaired) electrons. The van der Waals surface area contributed by atoms with Crippen molar-refractivity contribution in [1.29, 1.82) is 0 Å². The number of phosphoric acid groups is 4. The highest BCUT2D eigenvalue weighted by Crippen LogP contribution is 2.53. The Morgan fingerprint density at radius 3 is 1.30 bits per heavy atom. The van der Waals surface area contributed by atoms with E-state index in [4.69, 9.17) is 18.5 Å². The van der Waals surface area contributed by atoms with Crippen LogP contribution in [0.1, 0.15) is 142 Å². The van der Waals surface area contributed by atoms with Crippen molar-refractivity contribution in [1.82, 2.24) is 0 Å². The minimum Gasteiger partial charge on any atom is -0.462 e. The van der Waals surface area contributed by atoms with Crippen molar-refractivity contribution in [2.24, 2.45) is 0 Å². The standard InChI is InChI=1S/C34H68O22P4S/c1-2-3-4-5-6-7-8-9-10-11-12-16-19-22-28(36)52-26(24-50-27(35)21-18-15-13-14-17-20-23-61)25-51-60(48,49)56-31-29(37)32(53-57(39,40)41)34(55-59(45,46)47)33(30(31)38)54-58(42,43)44/h26,29-34,37-38,61H,2-25H2,1H3,(H,48,49)(H2,39,40,41)(H2,42,43,44)(H2,45,46,47)/t26-,29+,30?,31?,32+,33-,34?/m1/s1. The molecule has 0 aromatic rings. The van der Waals surface area contributed by atoms with Crippen molar-refractivity contribution >= 4 is 55.9 Å². The van der Waals surface area contributed by atoms with Gasteiger partial charge in [0.25, 0.3) is 0 Å². The van der Waals surface area contributed by atoms with E-state index in [1.807, 2.05) is 0 Å². The van der Waals surface area contributed by atoms with Crippen molar-refractivity contribution in [2.45, 2.75) is 184 Å². The number of unbranched alkanes of at least 4 members (excludes halogenated alkanes) is 17. The molecule has 61 heavy (non-hydrogen) atoms. The van der Waals surface area contributed by atoms with Gasteiger partial charge in [0.15, 0.2) is 6.10 Å². The molecular weight excluding hydrogens is 916 g/mol. The molecule has 22 nitrogen and oxygen atoms in total. The summed E-state index contributed by atoms with van der Waals surface area (Å²) in [7, 11) is -23.0. The van der Waals surface area contributed by atoms with Gasteiger partial charge in [-0.3, -0.25) is 32.2 Å². The predicted octanol–water partition coefficient (Wildman–Crippen LogP) is 5.25. The van der Waals surface area contributed by atoms with Gasteiger partial charge in [0.1, 0.15) is 43.2 Å². The molecule has 4 unspecified atom stereocenters. The summed E-state index contributed by atoms with van der Waals surface area (Å²) in [5.41, 5.74) is 0. The van der Waals surface area contributed by atoms with E-state index in [1.54, 1.807) is 0 Å². The molecule has 0 bridgehead atoms. The first-order chi connectivity index (χ1) is 28.5. The summed E-state index contributed by atoms with van der Waals surface area (Å²) >= 11 is 4.17. The molecule has 0 amide bonds. The summed E-state index contributed by atoms with van der Waals surface area (Å²) < 4.78 is 81.6. The molecule has 1 aliphatic carbocycles. The molecule has 0 spiro atoms. The largest absolute Gasteiger partial charge is 0.472 e. The van der Waals surface area contributed by atoms with E-state index in [9.17, 15) is 72.3 Å². The highest BCUT2D eigenvalue weighted by Gasteiger charge is 2.59. The lowest BCUT2D eigenvalue weighted by Gasteiger charge is -2.45. The molecule has 0 aliphatic heterocycles. The molecule has 27 heteroatoms. The Morgan fingerprint density at radius 1 is 0.508 bits per heavy atom. The Kier molecular flexibility index (Phi) is 29.6. The molecule has 9 N–H and O–H groups in total. The molecule has 0 aromatic heterocycles. The summed E-state index contributed by atoms with van der Waals surface area (Å²) in [5.74, 6) is -0.638. The number of hydrogen-bond acceptors (Lipinski definition) is 16. The highest BCUT2D eigenvalue weighted by molar-refractivity contribution is 7.80. The van der Waals surface area contributed by atoms with Crippen LogP contribution in [0, 0.1) is 0 Å². The third kappa shape index (κ3) is 29.0. The maximum Gasteiger partial charge on any atom is 0.472 e. The average molecular weight is 985 g/mol. The average Bonchev–Trinajstić information content (AvgIpc) is 3.14. The van der Waals surface area contributed by atoms with Crippen LogP contribution >= 0.6 is 43.9 Å². The maximum atomic E-state index is 13.2. The van der Waals surface area contributed by atoms with E-state index in [-0.39, 0.29) is 12.8 Å². The van der Waals surface area contributed by atoms with Crippen LogP contribution in [0.3, 0.4) is 0 Å². The minimum absolute atomic E-state index is 0.0224. The van der Waals surface area contributed by atoms with E-state index in [2.05, 4.69) is 33.1 Å². The first-order valence-corrected chi connectivity index (χ1v) is 27.4. The quantitative estimate of drug-likeness (QED) is 0.0166. The second-order valence-corrected chi connectivity index (χ2v) is 20.3. The molecule has 362 valence electrons. The zero-order chi connectivity index (χ0) is 46.1. The van der Waals surface area contributed by atoms with E-state index in [0.717, 1.165) is 70.0 Å². The minimum atomic E-state index is -5.78. The highest BCUT2D eigenvalue weighted by atomic mass is 32.1. The van der Waals surface area contributed by atoms with Gasteiger partial charge >= 0.3 is 43.2 Å². The first kappa shape index (κ1) is 58.7. The van der Waals surface area contributed by atoms with Crippen LogP contribution in [0.15, 0.2) is 0 Å². The van der Waals surface area contributed by atoms with E-state index in [1.165, 1.54) is 44.9 Å². The predicted molar refractivity (Wildman–Crippen MR) is 221 cm³/mol. The van der Waals surface area contributed by atoms with Crippen LogP contribution in [0.25, 0.3) is 0 Å². The van der Waals surface area contributed by atoms with Crippen LogP contribution in [0.5, 0.6) is 0 Å². The van der Waals surface area contributed by atoms with Crippen molar-refractivity contribution in [3.63, 3.8) is 0 Å². The van der Waals surface area contributed by atoms with Crippen molar-refractivity contribution < 1.29 is 104 Å². The Balaban J connectivity index is 2.98. The lowest BCUT2D eigenvalue weighted by molar-refractivity contribution is -0.209. The van der Waals surface area contributed by atoms with Gasteiger partial charge in [-0.25, -0.2) is 18.3 Å². The molecule has 0 aromatic carbocycles. The molecule has 8 atom stereocenters. The number of carbonyl (C=O) groups excluding carboxylic acids is 2. The van der Waals surface area contributed by atoms with Gasteiger partial charge in [0.2, 0.25) is 0 Å². The second kappa shape index (κ2) is 30.8. The second-order valence-electron chi connectivity index (χ2n) is 14.9. The molecule has 1 saturated carbocycles. The number of aliphatic hydroxyl groups excluding tert-OH is 2. The van der Waals surface area contributed by atoms with Crippen molar-refractivity contribution in [2.75, 3.05) is 19.0 Å². The van der Waals surface area contributed by atoms with Crippen molar-refractivity contribution in [3.05, 3.63) is 0 Å². The molecular formula is C34H68O22P4S.